The summed E-state index contributed by atoms with van der Waals surface area (Å²) in [6.45, 7) is 5.30. The van der Waals surface area contributed by atoms with Gasteiger partial charge in [0.15, 0.2) is 5.76 Å². The number of aromatic nitrogens is 3. The van der Waals surface area contributed by atoms with Gasteiger partial charge in [-0.25, -0.2) is 4.68 Å². The van der Waals surface area contributed by atoms with Crippen LogP contribution in [-0.4, -0.2) is 40.6 Å². The van der Waals surface area contributed by atoms with Crippen LogP contribution in [0.2, 0.25) is 0 Å². The highest BCUT2D eigenvalue weighted by Gasteiger charge is 2.18. The van der Waals surface area contributed by atoms with Crippen LogP contribution in [0.5, 0.6) is 0 Å². The van der Waals surface area contributed by atoms with Crippen molar-refractivity contribution >= 4 is 17.2 Å². The summed E-state index contributed by atoms with van der Waals surface area (Å²) >= 11 is 1.49. The standard InChI is InChI=1S/C19H22N4O4S/c1-3-26-8-5-7-20-17(24)12-23-18(25)11-14(15-10-13(2)22-27-15)19(21-23)16-6-4-9-28-16/h4,6,9-11H,3,5,7-8,12H2,1-2H3,(H,20,24). The predicted molar refractivity (Wildman–Crippen MR) is 106 cm³/mol. The first-order valence-corrected chi connectivity index (χ1v) is 9.90. The van der Waals surface area contributed by atoms with E-state index in [1.807, 2.05) is 31.4 Å². The molecule has 9 heteroatoms. The largest absolute Gasteiger partial charge is 0.382 e. The van der Waals surface area contributed by atoms with E-state index in [1.54, 1.807) is 6.07 Å². The van der Waals surface area contributed by atoms with E-state index in [0.29, 0.717) is 48.9 Å². The summed E-state index contributed by atoms with van der Waals surface area (Å²) in [6.07, 6.45) is 0.714. The van der Waals surface area contributed by atoms with E-state index in [2.05, 4.69) is 15.6 Å². The third kappa shape index (κ3) is 4.93. The molecule has 0 unspecified atom stereocenters. The van der Waals surface area contributed by atoms with Crippen LogP contribution in [-0.2, 0) is 16.1 Å². The van der Waals surface area contributed by atoms with E-state index in [1.165, 1.54) is 22.1 Å². The highest BCUT2D eigenvalue weighted by molar-refractivity contribution is 7.13. The van der Waals surface area contributed by atoms with Crippen LogP contribution in [0.4, 0.5) is 0 Å². The van der Waals surface area contributed by atoms with E-state index in [0.717, 1.165) is 4.88 Å². The van der Waals surface area contributed by atoms with Crippen molar-refractivity contribution in [3.8, 4) is 21.9 Å². The Balaban J connectivity index is 1.82. The van der Waals surface area contributed by atoms with Gasteiger partial charge in [0.05, 0.1) is 16.1 Å². The molecule has 0 atom stereocenters. The maximum atomic E-state index is 12.5. The molecule has 0 aromatic carbocycles. The minimum absolute atomic E-state index is 0.151. The molecule has 1 N–H and O–H groups in total. The third-order valence-corrected chi connectivity index (χ3v) is 4.81. The fraction of sp³-hybridized carbons (Fsp3) is 0.368. The lowest BCUT2D eigenvalue weighted by atomic mass is 10.1. The van der Waals surface area contributed by atoms with Gasteiger partial charge in [0.2, 0.25) is 5.91 Å². The van der Waals surface area contributed by atoms with Crippen molar-refractivity contribution in [2.75, 3.05) is 19.8 Å². The molecule has 0 saturated heterocycles. The first-order valence-electron chi connectivity index (χ1n) is 9.02. The van der Waals surface area contributed by atoms with Crippen LogP contribution >= 0.6 is 11.3 Å². The Morgan fingerprint density at radius 1 is 1.39 bits per heavy atom. The Morgan fingerprint density at radius 2 is 2.25 bits per heavy atom. The van der Waals surface area contributed by atoms with Crippen LogP contribution in [0.15, 0.2) is 39.0 Å². The number of ether oxygens (including phenoxy) is 1. The van der Waals surface area contributed by atoms with Crippen molar-refractivity contribution in [1.82, 2.24) is 20.3 Å². The topological polar surface area (TPSA) is 99.2 Å². The minimum Gasteiger partial charge on any atom is -0.382 e. The van der Waals surface area contributed by atoms with E-state index in [-0.39, 0.29) is 18.0 Å². The number of hydrogen-bond donors (Lipinski definition) is 1. The number of carbonyl (C=O) groups excluding carboxylic acids is 1. The molecule has 0 fully saturated rings. The van der Waals surface area contributed by atoms with Crippen molar-refractivity contribution in [1.29, 1.82) is 0 Å². The minimum atomic E-state index is -0.381. The molecule has 0 bridgehead atoms. The first kappa shape index (κ1) is 20.0. The van der Waals surface area contributed by atoms with Gasteiger partial charge in [-0.1, -0.05) is 11.2 Å². The maximum absolute atomic E-state index is 12.5. The van der Waals surface area contributed by atoms with Crippen LogP contribution < -0.4 is 10.9 Å². The Labute approximate surface area is 166 Å². The first-order chi connectivity index (χ1) is 13.6. The van der Waals surface area contributed by atoms with Gasteiger partial charge in [0.1, 0.15) is 12.2 Å². The lowest BCUT2D eigenvalue weighted by Crippen LogP contribution is -2.34. The molecule has 8 nitrogen and oxygen atoms in total. The number of thiophene rings is 1. The van der Waals surface area contributed by atoms with Gasteiger partial charge in [-0.2, -0.15) is 5.10 Å². The monoisotopic (exact) mass is 402 g/mol. The third-order valence-electron chi connectivity index (χ3n) is 3.93. The highest BCUT2D eigenvalue weighted by atomic mass is 32.1. The van der Waals surface area contributed by atoms with Crippen molar-refractivity contribution in [3.63, 3.8) is 0 Å². The zero-order valence-corrected chi connectivity index (χ0v) is 16.6. The molecule has 1 amide bonds. The molecule has 0 aliphatic rings. The van der Waals surface area contributed by atoms with Gasteiger partial charge >= 0.3 is 0 Å². The molecule has 3 aromatic heterocycles. The second kappa shape index (κ2) is 9.43. The molecule has 0 aliphatic heterocycles. The van der Waals surface area contributed by atoms with Crippen LogP contribution in [0.25, 0.3) is 21.9 Å². The van der Waals surface area contributed by atoms with Gasteiger partial charge in [0, 0.05) is 31.9 Å². The van der Waals surface area contributed by atoms with Crippen molar-refractivity contribution in [3.05, 3.63) is 45.7 Å². The van der Waals surface area contributed by atoms with Crippen LogP contribution in [0, 0.1) is 6.92 Å². The highest BCUT2D eigenvalue weighted by Crippen LogP contribution is 2.32. The van der Waals surface area contributed by atoms with Gasteiger partial charge < -0.3 is 14.6 Å². The molecule has 3 heterocycles. The number of aryl methyl sites for hydroxylation is 1. The zero-order valence-electron chi connectivity index (χ0n) is 15.8. The summed E-state index contributed by atoms with van der Waals surface area (Å²) in [7, 11) is 0. The van der Waals surface area contributed by atoms with E-state index < -0.39 is 0 Å². The van der Waals surface area contributed by atoms with Crippen LogP contribution in [0.3, 0.4) is 0 Å². The average Bonchev–Trinajstić information content (AvgIpc) is 3.35. The van der Waals surface area contributed by atoms with Gasteiger partial charge in [-0.05, 0) is 31.7 Å². The zero-order chi connectivity index (χ0) is 19.9. The van der Waals surface area contributed by atoms with Crippen LogP contribution in [0.1, 0.15) is 19.0 Å². The Hall–Kier alpha value is -2.78. The Bertz CT molecular complexity index is 978. The summed E-state index contributed by atoms with van der Waals surface area (Å²) in [5.74, 6) is 0.199. The molecular formula is C19H22N4O4S. The SMILES string of the molecule is CCOCCCNC(=O)Cn1nc(-c2cccs2)c(-c2cc(C)no2)cc1=O. The maximum Gasteiger partial charge on any atom is 0.268 e. The Morgan fingerprint density at radius 3 is 2.93 bits per heavy atom. The van der Waals surface area contributed by atoms with Crippen molar-refractivity contribution in [2.24, 2.45) is 0 Å². The molecule has 0 aliphatic carbocycles. The number of nitrogens with zero attached hydrogens (tertiary/aromatic N) is 3. The summed E-state index contributed by atoms with van der Waals surface area (Å²) in [4.78, 5) is 25.6. The summed E-state index contributed by atoms with van der Waals surface area (Å²) in [5, 5.41) is 13.0. The molecular weight excluding hydrogens is 380 g/mol. The molecule has 0 radical (unpaired) electrons. The fourth-order valence-corrected chi connectivity index (χ4v) is 3.34. The molecule has 0 saturated carbocycles. The van der Waals surface area contributed by atoms with Crippen molar-refractivity contribution in [2.45, 2.75) is 26.8 Å². The number of hydrogen-bond acceptors (Lipinski definition) is 7. The van der Waals surface area contributed by atoms with Gasteiger partial charge in [-0.3, -0.25) is 9.59 Å². The van der Waals surface area contributed by atoms with E-state index >= 15 is 0 Å². The summed E-state index contributed by atoms with van der Waals surface area (Å²) in [6, 6.07) is 6.99. The molecule has 28 heavy (non-hydrogen) atoms. The predicted octanol–water partition coefficient (Wildman–Crippen LogP) is 2.48. The lowest BCUT2D eigenvalue weighted by Gasteiger charge is -2.10. The summed E-state index contributed by atoms with van der Waals surface area (Å²) < 4.78 is 11.7. The normalized spacial score (nSPS) is 10.9. The van der Waals surface area contributed by atoms with Gasteiger partial charge in [-0.15, -0.1) is 11.3 Å². The average molecular weight is 402 g/mol. The molecule has 3 aromatic rings. The molecule has 3 rings (SSSR count). The number of rotatable bonds is 9. The van der Waals surface area contributed by atoms with E-state index in [9.17, 15) is 9.59 Å². The smallest absolute Gasteiger partial charge is 0.268 e. The lowest BCUT2D eigenvalue weighted by molar-refractivity contribution is -0.121. The second-order valence-corrected chi connectivity index (χ2v) is 7.06. The second-order valence-electron chi connectivity index (χ2n) is 6.11. The molecule has 0 spiro atoms. The number of amides is 1. The van der Waals surface area contributed by atoms with E-state index in [4.69, 9.17) is 9.26 Å². The fourth-order valence-electron chi connectivity index (χ4n) is 2.62. The quantitative estimate of drug-likeness (QED) is 0.552. The van der Waals surface area contributed by atoms with Gasteiger partial charge in [0.25, 0.3) is 5.56 Å². The summed E-state index contributed by atoms with van der Waals surface area (Å²) in [5.41, 5.74) is 1.47. The number of nitrogens with one attached hydrogen (secondary N) is 1. The Kier molecular flexibility index (Phi) is 6.72. The van der Waals surface area contributed by atoms with Crippen molar-refractivity contribution < 1.29 is 14.1 Å². The number of carbonyl (C=O) groups is 1. The molecule has 148 valence electrons.